The summed E-state index contributed by atoms with van der Waals surface area (Å²) in [5, 5.41) is 7.12. The van der Waals surface area contributed by atoms with Gasteiger partial charge in [0.25, 0.3) is 0 Å². The number of hydrogen-bond acceptors (Lipinski definition) is 3. The Morgan fingerprint density at radius 1 is 0.745 bits per heavy atom. The second kappa shape index (κ2) is 12.6. The van der Waals surface area contributed by atoms with Crippen LogP contribution in [0.3, 0.4) is 0 Å². The van der Waals surface area contributed by atoms with Crippen molar-refractivity contribution in [1.82, 2.24) is 19.3 Å². The Balaban J connectivity index is 1.20. The molecule has 0 amide bonds. The molecule has 0 radical (unpaired) electrons. The maximum absolute atomic E-state index is 6.51. The quantitative estimate of drug-likeness (QED) is 0.162. The van der Waals surface area contributed by atoms with Gasteiger partial charge in [0, 0.05) is 40.9 Å². The molecule has 0 spiro atoms. The highest BCUT2D eigenvalue weighted by atomic mass is 16.5. The molecule has 0 atom stereocenters. The van der Waals surface area contributed by atoms with Gasteiger partial charge in [-0.15, -0.1) is 0 Å². The lowest BCUT2D eigenvalue weighted by Crippen LogP contribution is -1.99. The first-order chi connectivity index (χ1) is 22.7. The van der Waals surface area contributed by atoms with E-state index in [-0.39, 0.29) is 0 Å². The van der Waals surface area contributed by atoms with E-state index in [0.29, 0.717) is 11.8 Å². The summed E-state index contributed by atoms with van der Waals surface area (Å²) in [4.78, 5) is 4.79. The molecule has 0 aliphatic heterocycles. The van der Waals surface area contributed by atoms with Gasteiger partial charge in [-0.3, -0.25) is 4.57 Å². The van der Waals surface area contributed by atoms with E-state index in [1.165, 1.54) is 45.0 Å². The van der Waals surface area contributed by atoms with Crippen molar-refractivity contribution >= 4 is 21.8 Å². The van der Waals surface area contributed by atoms with E-state index < -0.39 is 0 Å². The van der Waals surface area contributed by atoms with Crippen LogP contribution in [0.4, 0.5) is 0 Å². The van der Waals surface area contributed by atoms with E-state index in [2.05, 4.69) is 119 Å². The van der Waals surface area contributed by atoms with Gasteiger partial charge in [0.1, 0.15) is 17.3 Å². The Kier molecular flexibility index (Phi) is 8.15. The number of para-hydroxylation sites is 1. The van der Waals surface area contributed by atoms with Gasteiger partial charge >= 0.3 is 0 Å². The number of hydrogen-bond donors (Lipinski definition) is 0. The number of aromatic nitrogens is 4. The van der Waals surface area contributed by atoms with Gasteiger partial charge in [-0.25, -0.2) is 9.67 Å². The van der Waals surface area contributed by atoms with Crippen LogP contribution in [0, 0.1) is 19.8 Å². The molecule has 0 bridgehead atoms. The Morgan fingerprint density at radius 2 is 1.51 bits per heavy atom. The Labute approximate surface area is 277 Å². The molecule has 236 valence electrons. The minimum absolute atomic E-state index is 0.412. The first kappa shape index (κ1) is 30.5. The first-order valence-corrected chi connectivity index (χ1v) is 16.7. The standard InChI is InChI=1S/C42H42N4O/c1-27(2)14-15-31-20-29(5)42(30(6)21-31)33-25-44-45(26-33)34-10-9-11-35(23-34)47-36-16-17-38-37-12-7-8-13-39(37)46(40(38)24-36)41-22-32(28(3)4)18-19-43-41/h7-13,16-28H,14-15H2,1-6H3. The Hall–Kier alpha value is -5.16. The SMILES string of the molecule is Cc1cc(CCC(C)C)cc(C)c1-c1cnn(-c2cccc(Oc3ccc4c5ccccc5n(-c5cc(C(C)C)ccn5)c4c3)c2)c1. The third-order valence-corrected chi connectivity index (χ3v) is 9.10. The highest BCUT2D eigenvalue weighted by molar-refractivity contribution is 6.09. The van der Waals surface area contributed by atoms with Crippen molar-refractivity contribution in [3.05, 3.63) is 132 Å². The summed E-state index contributed by atoms with van der Waals surface area (Å²) in [5.74, 6) is 3.54. The van der Waals surface area contributed by atoms with Crippen LogP contribution in [-0.4, -0.2) is 19.3 Å². The van der Waals surface area contributed by atoms with Crippen molar-refractivity contribution in [2.45, 2.75) is 60.3 Å². The van der Waals surface area contributed by atoms with E-state index in [9.17, 15) is 0 Å². The molecule has 0 aliphatic rings. The van der Waals surface area contributed by atoms with Crippen LogP contribution in [0.25, 0.3) is 44.4 Å². The molecule has 4 aromatic carbocycles. The van der Waals surface area contributed by atoms with E-state index >= 15 is 0 Å². The van der Waals surface area contributed by atoms with Crippen LogP contribution in [0.2, 0.25) is 0 Å². The summed E-state index contributed by atoms with van der Waals surface area (Å²) in [5.41, 5.74) is 10.8. The summed E-state index contributed by atoms with van der Waals surface area (Å²) in [6, 6.07) is 31.9. The number of pyridine rings is 1. The number of nitrogens with zero attached hydrogens (tertiary/aromatic N) is 4. The third kappa shape index (κ3) is 6.06. The van der Waals surface area contributed by atoms with E-state index in [0.717, 1.165) is 46.0 Å². The number of aryl methyl sites for hydroxylation is 3. The van der Waals surface area contributed by atoms with Crippen molar-refractivity contribution in [1.29, 1.82) is 0 Å². The van der Waals surface area contributed by atoms with Crippen molar-refractivity contribution in [3.8, 4) is 34.1 Å². The van der Waals surface area contributed by atoms with E-state index in [1.54, 1.807) is 0 Å². The van der Waals surface area contributed by atoms with E-state index in [4.69, 9.17) is 14.8 Å². The zero-order chi connectivity index (χ0) is 32.7. The fourth-order valence-electron chi connectivity index (χ4n) is 6.70. The van der Waals surface area contributed by atoms with Crippen molar-refractivity contribution in [3.63, 3.8) is 0 Å². The fraction of sp³-hybridized carbons (Fsp3) is 0.238. The fourth-order valence-corrected chi connectivity index (χ4v) is 6.70. The highest BCUT2D eigenvalue weighted by Gasteiger charge is 2.16. The minimum atomic E-state index is 0.412. The largest absolute Gasteiger partial charge is 0.457 e. The smallest absolute Gasteiger partial charge is 0.137 e. The molecule has 3 aromatic heterocycles. The van der Waals surface area contributed by atoms with Crippen molar-refractivity contribution < 1.29 is 4.74 Å². The Bertz CT molecular complexity index is 2190. The maximum Gasteiger partial charge on any atom is 0.137 e. The molecule has 0 unspecified atom stereocenters. The van der Waals surface area contributed by atoms with Gasteiger partial charge < -0.3 is 4.74 Å². The first-order valence-electron chi connectivity index (χ1n) is 16.7. The molecule has 0 fully saturated rings. The molecular weight excluding hydrogens is 576 g/mol. The lowest BCUT2D eigenvalue weighted by molar-refractivity contribution is 0.483. The molecule has 0 saturated heterocycles. The summed E-state index contributed by atoms with van der Waals surface area (Å²) < 4.78 is 10.7. The maximum atomic E-state index is 6.51. The van der Waals surface area contributed by atoms with Crippen LogP contribution in [0.1, 0.15) is 62.3 Å². The summed E-state index contributed by atoms with van der Waals surface area (Å²) in [6.45, 7) is 13.4. The average molecular weight is 619 g/mol. The van der Waals surface area contributed by atoms with E-state index in [1.807, 2.05) is 41.3 Å². The molecular formula is C42H42N4O. The third-order valence-electron chi connectivity index (χ3n) is 9.10. The van der Waals surface area contributed by atoms with Gasteiger partial charge in [0.05, 0.1) is 22.9 Å². The zero-order valence-corrected chi connectivity index (χ0v) is 28.2. The number of benzene rings is 4. The van der Waals surface area contributed by atoms with Crippen molar-refractivity contribution in [2.24, 2.45) is 5.92 Å². The molecule has 3 heterocycles. The normalized spacial score (nSPS) is 11.7. The topological polar surface area (TPSA) is 44.9 Å². The summed E-state index contributed by atoms with van der Waals surface area (Å²) in [7, 11) is 0. The molecule has 0 N–H and O–H groups in total. The van der Waals surface area contributed by atoms with Crippen LogP contribution in [0.15, 0.2) is 110 Å². The minimum Gasteiger partial charge on any atom is -0.457 e. The lowest BCUT2D eigenvalue weighted by Gasteiger charge is -2.12. The number of fused-ring (bicyclic) bond motifs is 3. The summed E-state index contributed by atoms with van der Waals surface area (Å²) >= 11 is 0. The molecule has 5 nitrogen and oxygen atoms in total. The number of rotatable bonds is 9. The van der Waals surface area contributed by atoms with Gasteiger partial charge in [-0.2, -0.15) is 5.10 Å². The highest BCUT2D eigenvalue weighted by Crippen LogP contribution is 2.36. The number of ether oxygens (including phenoxy) is 1. The van der Waals surface area contributed by atoms with Crippen LogP contribution < -0.4 is 4.74 Å². The summed E-state index contributed by atoms with van der Waals surface area (Å²) in [6.07, 6.45) is 8.30. The second-order valence-corrected chi connectivity index (χ2v) is 13.4. The van der Waals surface area contributed by atoms with Crippen LogP contribution >= 0.6 is 0 Å². The van der Waals surface area contributed by atoms with Crippen molar-refractivity contribution in [2.75, 3.05) is 0 Å². The van der Waals surface area contributed by atoms with Crippen LogP contribution in [-0.2, 0) is 6.42 Å². The predicted molar refractivity (Wildman–Crippen MR) is 194 cm³/mol. The molecule has 0 saturated carbocycles. The van der Waals surface area contributed by atoms with Gasteiger partial charge in [-0.1, -0.05) is 64.1 Å². The second-order valence-electron chi connectivity index (χ2n) is 13.4. The van der Waals surface area contributed by atoms with Crippen LogP contribution in [0.5, 0.6) is 11.5 Å². The lowest BCUT2D eigenvalue weighted by atomic mass is 9.93. The Morgan fingerprint density at radius 3 is 2.30 bits per heavy atom. The molecule has 47 heavy (non-hydrogen) atoms. The molecule has 0 aliphatic carbocycles. The predicted octanol–water partition coefficient (Wildman–Crippen LogP) is 11.2. The molecule has 7 aromatic rings. The molecule has 5 heteroatoms. The monoisotopic (exact) mass is 618 g/mol. The molecule has 7 rings (SSSR count). The average Bonchev–Trinajstić information content (AvgIpc) is 3.67. The zero-order valence-electron chi connectivity index (χ0n) is 28.2. The van der Waals surface area contributed by atoms with Gasteiger partial charge in [-0.05, 0) is 109 Å². The van der Waals surface area contributed by atoms with Gasteiger partial charge in [0.15, 0.2) is 0 Å². The van der Waals surface area contributed by atoms with Gasteiger partial charge in [0.2, 0.25) is 0 Å².